The van der Waals surface area contributed by atoms with Crippen molar-refractivity contribution >= 4 is 47.3 Å². The second-order valence-corrected chi connectivity index (χ2v) is 17.0. The molecule has 0 radical (unpaired) electrons. The fourth-order valence-corrected chi connectivity index (χ4v) is 8.07. The first-order valence-corrected chi connectivity index (χ1v) is 22.3. The molecule has 0 bridgehead atoms. The molecular formula is C48H61N7O10. The average molecular weight is 896 g/mol. The summed E-state index contributed by atoms with van der Waals surface area (Å²) >= 11 is 0. The lowest BCUT2D eigenvalue weighted by Crippen LogP contribution is -2.58. The average Bonchev–Trinajstić information content (AvgIpc) is 3.75. The van der Waals surface area contributed by atoms with Gasteiger partial charge in [-0.1, -0.05) is 101 Å². The lowest BCUT2D eigenvalue weighted by atomic mass is 9.83. The third-order valence-corrected chi connectivity index (χ3v) is 11.4. The molecule has 1 aliphatic carbocycles. The van der Waals surface area contributed by atoms with E-state index in [0.717, 1.165) is 19.3 Å². The summed E-state index contributed by atoms with van der Waals surface area (Å²) < 4.78 is 11.3. The molecular weight excluding hydrogens is 835 g/mol. The van der Waals surface area contributed by atoms with E-state index in [1.54, 1.807) is 73.7 Å². The molecule has 5 rings (SSSR count). The minimum Gasteiger partial charge on any atom is -0.457 e. The summed E-state index contributed by atoms with van der Waals surface area (Å²) in [4.78, 5) is 109. The molecule has 0 aromatic heterocycles. The van der Waals surface area contributed by atoms with Gasteiger partial charge in [-0.15, -0.1) is 0 Å². The van der Waals surface area contributed by atoms with Gasteiger partial charge < -0.3 is 46.7 Å². The maximum atomic E-state index is 14.7. The van der Waals surface area contributed by atoms with Crippen molar-refractivity contribution in [3.8, 4) is 11.5 Å². The number of hydrogen-bond donors (Lipinski definition) is 6. The zero-order valence-corrected chi connectivity index (χ0v) is 37.2. The van der Waals surface area contributed by atoms with Crippen molar-refractivity contribution in [3.05, 3.63) is 96.1 Å². The molecule has 0 spiro atoms. The molecule has 7 N–H and O–H groups in total. The Kier molecular flexibility index (Phi) is 18.4. The quantitative estimate of drug-likeness (QED) is 0.0838. The normalized spacial score (nSPS) is 17.4. The van der Waals surface area contributed by atoms with Crippen LogP contribution in [0.5, 0.6) is 11.5 Å². The minimum atomic E-state index is -1.32. The molecule has 1 saturated heterocycles. The van der Waals surface area contributed by atoms with Gasteiger partial charge in [-0.05, 0) is 79.3 Å². The molecule has 7 amide bonds. The lowest BCUT2D eigenvalue weighted by molar-refractivity contribution is -0.143. The van der Waals surface area contributed by atoms with Crippen LogP contribution in [-0.2, 0) is 33.5 Å². The second kappa shape index (κ2) is 24.3. The van der Waals surface area contributed by atoms with Crippen LogP contribution in [0.1, 0.15) is 94.1 Å². The lowest BCUT2D eigenvalue weighted by Gasteiger charge is -2.34. The molecule has 5 atom stereocenters. The fraction of sp³-hybridized carbons (Fsp3) is 0.458. The smallest absolute Gasteiger partial charge is 0.407 e. The SMILES string of the molecule is CCCC(NC(=O)[C@@H]1CC(CNC(=O)c2cccc(Oc3ccccc3)c2)CN1C(=O)C(NC(=O)OCC(C)C)C1CCCCC1)C(=O)C(=O)NCC(=O)N[C@@H](C(N)=O)c1ccccc1. The first kappa shape index (κ1) is 49.2. The Hall–Kier alpha value is -6.78. The van der Waals surface area contributed by atoms with Crippen LogP contribution in [0.4, 0.5) is 4.79 Å². The molecule has 1 saturated carbocycles. The summed E-state index contributed by atoms with van der Waals surface area (Å²) in [6.45, 7) is 5.15. The number of nitrogens with one attached hydrogen (secondary N) is 5. The van der Waals surface area contributed by atoms with Gasteiger partial charge in [0.05, 0.1) is 19.2 Å². The number of rotatable bonds is 21. The third kappa shape index (κ3) is 14.6. The van der Waals surface area contributed by atoms with Gasteiger partial charge in [0.25, 0.3) is 11.8 Å². The van der Waals surface area contributed by atoms with Gasteiger partial charge in [-0.2, -0.15) is 0 Å². The van der Waals surface area contributed by atoms with E-state index in [-0.39, 0.29) is 44.4 Å². The van der Waals surface area contributed by atoms with E-state index in [0.29, 0.717) is 41.9 Å². The number of ketones is 1. The summed E-state index contributed by atoms with van der Waals surface area (Å²) in [6, 6.07) is 19.4. The van der Waals surface area contributed by atoms with E-state index in [4.69, 9.17) is 15.2 Å². The fourth-order valence-electron chi connectivity index (χ4n) is 8.07. The van der Waals surface area contributed by atoms with Crippen LogP contribution in [0, 0.1) is 17.8 Å². The van der Waals surface area contributed by atoms with Gasteiger partial charge in [0, 0.05) is 18.7 Å². The van der Waals surface area contributed by atoms with E-state index in [1.165, 1.54) is 4.90 Å². The number of carbonyl (C=O) groups excluding carboxylic acids is 8. The van der Waals surface area contributed by atoms with Gasteiger partial charge in [0.15, 0.2) is 0 Å². The van der Waals surface area contributed by atoms with E-state index in [9.17, 15) is 38.4 Å². The Balaban J connectivity index is 1.31. The third-order valence-electron chi connectivity index (χ3n) is 11.4. The highest BCUT2D eigenvalue weighted by Crippen LogP contribution is 2.31. The highest BCUT2D eigenvalue weighted by molar-refractivity contribution is 6.38. The van der Waals surface area contributed by atoms with Crippen LogP contribution in [0.2, 0.25) is 0 Å². The van der Waals surface area contributed by atoms with E-state index < -0.39 is 83.9 Å². The second-order valence-electron chi connectivity index (χ2n) is 17.0. The maximum Gasteiger partial charge on any atom is 0.407 e. The van der Waals surface area contributed by atoms with E-state index in [1.807, 2.05) is 32.0 Å². The van der Waals surface area contributed by atoms with Crippen molar-refractivity contribution in [3.63, 3.8) is 0 Å². The predicted octanol–water partition coefficient (Wildman–Crippen LogP) is 4.07. The molecule has 17 heteroatoms. The number of nitrogens with two attached hydrogens (primary N) is 1. The molecule has 65 heavy (non-hydrogen) atoms. The summed E-state index contributed by atoms with van der Waals surface area (Å²) in [5, 5.41) is 13.1. The van der Waals surface area contributed by atoms with E-state index >= 15 is 0 Å². The van der Waals surface area contributed by atoms with Gasteiger partial charge >= 0.3 is 6.09 Å². The number of alkyl carbamates (subject to hydrolysis) is 1. The van der Waals surface area contributed by atoms with Crippen molar-refractivity contribution < 1.29 is 47.8 Å². The largest absolute Gasteiger partial charge is 0.457 e. The van der Waals surface area contributed by atoms with E-state index in [2.05, 4.69) is 26.6 Å². The Morgan fingerprint density at radius 1 is 0.800 bits per heavy atom. The number of amides is 7. The Bertz CT molecular complexity index is 2130. The Labute approximate surface area is 379 Å². The maximum absolute atomic E-state index is 14.7. The van der Waals surface area contributed by atoms with Gasteiger partial charge in [0.2, 0.25) is 29.4 Å². The topological polar surface area (TPSA) is 244 Å². The van der Waals surface area contributed by atoms with Crippen LogP contribution in [0.15, 0.2) is 84.9 Å². The molecule has 2 fully saturated rings. The molecule has 3 unspecified atom stereocenters. The highest BCUT2D eigenvalue weighted by Gasteiger charge is 2.45. The Morgan fingerprint density at radius 3 is 2.14 bits per heavy atom. The van der Waals surface area contributed by atoms with Crippen molar-refractivity contribution in [2.45, 2.75) is 96.3 Å². The van der Waals surface area contributed by atoms with Gasteiger partial charge in [0.1, 0.15) is 29.6 Å². The molecule has 1 heterocycles. The highest BCUT2D eigenvalue weighted by atomic mass is 16.5. The number of ether oxygens (including phenoxy) is 2. The summed E-state index contributed by atoms with van der Waals surface area (Å²) in [5.74, 6) is -4.91. The van der Waals surface area contributed by atoms with Crippen LogP contribution in [0.25, 0.3) is 0 Å². The molecule has 3 aromatic carbocycles. The summed E-state index contributed by atoms with van der Waals surface area (Å²) in [6.07, 6.45) is 3.83. The summed E-state index contributed by atoms with van der Waals surface area (Å²) in [5.41, 5.74) is 6.26. The van der Waals surface area contributed by atoms with Crippen molar-refractivity contribution in [1.29, 1.82) is 0 Å². The van der Waals surface area contributed by atoms with Crippen molar-refractivity contribution in [1.82, 2.24) is 31.5 Å². The number of benzene rings is 3. The molecule has 3 aromatic rings. The number of likely N-dealkylation sites (tertiary alicyclic amines) is 1. The number of nitrogens with zero attached hydrogens (tertiary/aromatic N) is 1. The standard InChI is InChI=1S/C48H61N7O10/c1-4-15-37(42(57)46(61)51-27-39(56)53-40(43(49)58)32-16-8-5-9-17-32)52-45(60)38-24-31(26-50-44(59)34-20-14-23-36(25-34)65-35-21-12-7-13-22-35)28-55(38)47(62)41(33-18-10-6-11-19-33)54-48(63)64-29-30(2)3/h5,7-9,12-14,16-17,20-23,25,30-31,33,37-38,40-41H,4,6,10-11,15,18-19,24,26-29H2,1-3H3,(H2,49,58)(H,50,59)(H,51,61)(H,52,60)(H,53,56)(H,54,63)/t31?,37?,38-,40+,41?/m0/s1. The zero-order valence-electron chi connectivity index (χ0n) is 37.2. The molecule has 17 nitrogen and oxygen atoms in total. The number of primary amides is 1. The van der Waals surface area contributed by atoms with Crippen LogP contribution in [0.3, 0.4) is 0 Å². The first-order valence-electron chi connectivity index (χ1n) is 22.3. The summed E-state index contributed by atoms with van der Waals surface area (Å²) in [7, 11) is 0. The van der Waals surface area contributed by atoms with Gasteiger partial charge in [-0.3, -0.25) is 33.6 Å². The molecule has 1 aliphatic heterocycles. The number of Topliss-reactive ketones (excluding diaryl/α,β-unsaturated/α-hetero) is 1. The number of carbonyl (C=O) groups is 8. The Morgan fingerprint density at radius 2 is 1.48 bits per heavy atom. The van der Waals surface area contributed by atoms with Gasteiger partial charge in [-0.25, -0.2) is 4.79 Å². The van der Waals surface area contributed by atoms with Crippen LogP contribution >= 0.6 is 0 Å². The van der Waals surface area contributed by atoms with Crippen molar-refractivity contribution in [2.24, 2.45) is 23.5 Å². The zero-order chi connectivity index (χ0) is 46.9. The van der Waals surface area contributed by atoms with Crippen LogP contribution < -0.4 is 37.1 Å². The number of hydrogen-bond acceptors (Lipinski definition) is 10. The monoisotopic (exact) mass is 895 g/mol. The first-order chi connectivity index (χ1) is 31.2. The predicted molar refractivity (Wildman–Crippen MR) is 240 cm³/mol. The minimum absolute atomic E-state index is 0.0393. The number of para-hydroxylation sites is 1. The van der Waals surface area contributed by atoms with Crippen LogP contribution in [-0.4, -0.2) is 96.6 Å². The molecule has 2 aliphatic rings. The van der Waals surface area contributed by atoms with Crippen molar-refractivity contribution in [2.75, 3.05) is 26.2 Å². The molecule has 348 valence electrons.